The van der Waals surface area contributed by atoms with Gasteiger partial charge in [0.2, 0.25) is 0 Å². The van der Waals surface area contributed by atoms with Crippen molar-refractivity contribution in [3.8, 4) is 11.8 Å². The molecule has 0 aliphatic carbocycles. The minimum atomic E-state index is -0.146. The summed E-state index contributed by atoms with van der Waals surface area (Å²) in [6.07, 6.45) is 6.55. The van der Waals surface area contributed by atoms with E-state index in [0.29, 0.717) is 12.1 Å². The second-order valence-corrected chi connectivity index (χ2v) is 5.14. The van der Waals surface area contributed by atoms with Crippen molar-refractivity contribution in [2.75, 3.05) is 19.6 Å². The van der Waals surface area contributed by atoms with E-state index < -0.39 is 0 Å². The maximum atomic E-state index is 12.2. The van der Waals surface area contributed by atoms with Crippen LogP contribution in [-0.2, 0) is 0 Å². The molecule has 0 aromatic carbocycles. The van der Waals surface area contributed by atoms with E-state index >= 15 is 0 Å². The van der Waals surface area contributed by atoms with Crippen LogP contribution in [0.3, 0.4) is 0 Å². The van der Waals surface area contributed by atoms with Crippen molar-refractivity contribution >= 4 is 5.91 Å². The first-order valence-electron chi connectivity index (χ1n) is 7.05. The van der Waals surface area contributed by atoms with Crippen LogP contribution in [0, 0.1) is 11.8 Å². The highest BCUT2D eigenvalue weighted by atomic mass is 16.1. The lowest BCUT2D eigenvalue weighted by Crippen LogP contribution is -2.41. The molecule has 8 nitrogen and oxygen atoms in total. The predicted octanol–water partition coefficient (Wildman–Crippen LogP) is -0.320. The highest BCUT2D eigenvalue weighted by molar-refractivity contribution is 5.93. The fraction of sp³-hybridized carbons (Fsp3) is 0.429. The summed E-state index contributed by atoms with van der Waals surface area (Å²) in [7, 11) is 0. The molecule has 1 saturated heterocycles. The molecule has 2 atom stereocenters. The van der Waals surface area contributed by atoms with Crippen molar-refractivity contribution in [1.29, 1.82) is 0 Å². The van der Waals surface area contributed by atoms with Gasteiger partial charge in [-0.3, -0.25) is 14.8 Å². The van der Waals surface area contributed by atoms with Crippen LogP contribution in [0.5, 0.6) is 0 Å². The summed E-state index contributed by atoms with van der Waals surface area (Å²) in [5, 5.41) is 17.4. The van der Waals surface area contributed by atoms with E-state index in [1.807, 2.05) is 13.1 Å². The Hall–Kier alpha value is -2.66. The SMILES string of the molecule is CC#CCN1C[C@@H](NC(=O)c2cn[nH]c2)[C@@H](n2ccnn2)C1. The van der Waals surface area contributed by atoms with Crippen LogP contribution in [0.25, 0.3) is 0 Å². The van der Waals surface area contributed by atoms with Crippen molar-refractivity contribution in [3.05, 3.63) is 30.4 Å². The number of nitrogens with one attached hydrogen (secondary N) is 2. The molecular formula is C14H17N7O. The molecule has 1 aliphatic rings. The molecule has 2 N–H and O–H groups in total. The number of likely N-dealkylation sites (tertiary alicyclic amines) is 1. The second kappa shape index (κ2) is 6.41. The predicted molar refractivity (Wildman–Crippen MR) is 78.8 cm³/mol. The first kappa shape index (κ1) is 14.3. The summed E-state index contributed by atoms with van der Waals surface area (Å²) < 4.78 is 1.79. The van der Waals surface area contributed by atoms with Gasteiger partial charge in [-0.15, -0.1) is 11.0 Å². The molecule has 114 valence electrons. The number of H-pyrrole nitrogens is 1. The minimum Gasteiger partial charge on any atom is -0.346 e. The lowest BCUT2D eigenvalue weighted by molar-refractivity contribution is 0.0930. The second-order valence-electron chi connectivity index (χ2n) is 5.14. The van der Waals surface area contributed by atoms with Crippen LogP contribution in [0.2, 0.25) is 0 Å². The highest BCUT2D eigenvalue weighted by Gasteiger charge is 2.35. The molecule has 1 amide bonds. The normalized spacial score (nSPS) is 21.3. The van der Waals surface area contributed by atoms with Gasteiger partial charge in [-0.25, -0.2) is 4.68 Å². The summed E-state index contributed by atoms with van der Waals surface area (Å²) in [4.78, 5) is 14.4. The molecule has 1 fully saturated rings. The van der Waals surface area contributed by atoms with E-state index in [4.69, 9.17) is 0 Å². The zero-order valence-corrected chi connectivity index (χ0v) is 12.2. The molecule has 0 saturated carbocycles. The largest absolute Gasteiger partial charge is 0.346 e. The van der Waals surface area contributed by atoms with Crippen molar-refractivity contribution in [2.24, 2.45) is 0 Å². The highest BCUT2D eigenvalue weighted by Crippen LogP contribution is 2.21. The molecule has 8 heteroatoms. The Labute approximate surface area is 127 Å². The minimum absolute atomic E-state index is 0.0389. The number of aromatic nitrogens is 5. The van der Waals surface area contributed by atoms with E-state index in [1.54, 1.807) is 17.1 Å². The van der Waals surface area contributed by atoms with Gasteiger partial charge in [-0.2, -0.15) is 5.10 Å². The number of rotatable bonds is 4. The number of aromatic amines is 1. The monoisotopic (exact) mass is 299 g/mol. The van der Waals surface area contributed by atoms with E-state index in [9.17, 15) is 4.79 Å². The van der Waals surface area contributed by atoms with Gasteiger partial charge >= 0.3 is 0 Å². The van der Waals surface area contributed by atoms with Crippen LogP contribution < -0.4 is 5.32 Å². The molecule has 3 heterocycles. The fourth-order valence-corrected chi connectivity index (χ4v) is 2.62. The Morgan fingerprint density at radius 3 is 3.14 bits per heavy atom. The van der Waals surface area contributed by atoms with Gasteiger partial charge in [0.1, 0.15) is 0 Å². The number of nitrogens with zero attached hydrogens (tertiary/aromatic N) is 5. The molecule has 22 heavy (non-hydrogen) atoms. The summed E-state index contributed by atoms with van der Waals surface area (Å²) in [5.74, 6) is 5.81. The van der Waals surface area contributed by atoms with Crippen molar-refractivity contribution < 1.29 is 4.79 Å². The average molecular weight is 299 g/mol. The van der Waals surface area contributed by atoms with Crippen LogP contribution in [0.4, 0.5) is 0 Å². The molecule has 3 rings (SSSR count). The van der Waals surface area contributed by atoms with Gasteiger partial charge in [0.15, 0.2) is 0 Å². The fourth-order valence-electron chi connectivity index (χ4n) is 2.62. The summed E-state index contributed by atoms with van der Waals surface area (Å²) in [6, 6.07) is -0.0141. The Morgan fingerprint density at radius 2 is 2.45 bits per heavy atom. The van der Waals surface area contributed by atoms with Gasteiger partial charge in [0, 0.05) is 25.5 Å². The van der Waals surface area contributed by atoms with Crippen molar-refractivity contribution in [2.45, 2.75) is 19.0 Å². The van der Waals surface area contributed by atoms with Gasteiger partial charge in [-0.1, -0.05) is 11.1 Å². The lowest BCUT2D eigenvalue weighted by atomic mass is 10.1. The summed E-state index contributed by atoms with van der Waals surface area (Å²) >= 11 is 0. The summed E-state index contributed by atoms with van der Waals surface area (Å²) in [5.41, 5.74) is 0.518. The van der Waals surface area contributed by atoms with E-state index in [2.05, 4.69) is 42.6 Å². The molecule has 1 aliphatic heterocycles. The topological polar surface area (TPSA) is 91.7 Å². The Balaban J connectivity index is 1.73. The number of hydrogen-bond acceptors (Lipinski definition) is 5. The van der Waals surface area contributed by atoms with Crippen LogP contribution in [0.1, 0.15) is 23.3 Å². The zero-order valence-electron chi connectivity index (χ0n) is 12.2. The van der Waals surface area contributed by atoms with Gasteiger partial charge in [0.05, 0.1) is 36.6 Å². The maximum Gasteiger partial charge on any atom is 0.254 e. The van der Waals surface area contributed by atoms with E-state index in [0.717, 1.165) is 13.1 Å². The maximum absolute atomic E-state index is 12.2. The van der Waals surface area contributed by atoms with Gasteiger partial charge in [-0.05, 0) is 6.92 Å². The number of amides is 1. The van der Waals surface area contributed by atoms with Crippen molar-refractivity contribution in [1.82, 2.24) is 35.4 Å². The molecule has 0 radical (unpaired) electrons. The summed E-state index contributed by atoms with van der Waals surface area (Å²) in [6.45, 7) is 4.00. The third-order valence-electron chi connectivity index (χ3n) is 3.70. The molecule has 0 unspecified atom stereocenters. The zero-order chi connectivity index (χ0) is 15.4. The van der Waals surface area contributed by atoms with Crippen molar-refractivity contribution in [3.63, 3.8) is 0 Å². The van der Waals surface area contributed by atoms with Gasteiger partial charge < -0.3 is 5.32 Å². The first-order valence-corrected chi connectivity index (χ1v) is 7.05. The smallest absolute Gasteiger partial charge is 0.254 e. The third-order valence-corrected chi connectivity index (χ3v) is 3.70. The van der Waals surface area contributed by atoms with Crippen LogP contribution in [-0.4, -0.2) is 61.7 Å². The quantitative estimate of drug-likeness (QED) is 0.755. The molecule has 2 aromatic rings. The third kappa shape index (κ3) is 2.99. The molecule has 0 spiro atoms. The van der Waals surface area contributed by atoms with Crippen LogP contribution in [0.15, 0.2) is 24.8 Å². The average Bonchev–Trinajstić information content (AvgIpc) is 3.25. The Bertz CT molecular complexity index is 668. The van der Waals surface area contributed by atoms with Crippen LogP contribution >= 0.6 is 0 Å². The Morgan fingerprint density at radius 1 is 1.55 bits per heavy atom. The van der Waals surface area contributed by atoms with Gasteiger partial charge in [0.25, 0.3) is 5.91 Å². The van der Waals surface area contributed by atoms with E-state index in [-0.39, 0.29) is 18.0 Å². The lowest BCUT2D eigenvalue weighted by Gasteiger charge is -2.19. The number of carbonyl (C=O) groups excluding carboxylic acids is 1. The number of hydrogen-bond donors (Lipinski definition) is 2. The first-order chi connectivity index (χ1) is 10.8. The molecule has 0 bridgehead atoms. The standard InChI is InChI=1S/C14H17N7O/c1-2-3-5-20-9-12(13(10-20)21-6-4-15-19-21)18-14(22)11-7-16-17-8-11/h4,6-8,12-13H,5,9-10H2,1H3,(H,16,17)(H,18,22)/t12-,13+/m1/s1. The molecule has 2 aromatic heterocycles. The Kier molecular flexibility index (Phi) is 4.16. The molecular weight excluding hydrogens is 282 g/mol. The number of carbonyl (C=O) groups is 1. The van der Waals surface area contributed by atoms with E-state index in [1.165, 1.54) is 6.20 Å².